The predicted molar refractivity (Wildman–Crippen MR) is 133 cm³/mol. The van der Waals surface area contributed by atoms with E-state index in [-0.39, 0.29) is 28.6 Å². The summed E-state index contributed by atoms with van der Waals surface area (Å²) in [6.45, 7) is 4.21. The molecule has 39 heavy (non-hydrogen) atoms. The minimum atomic E-state index is -1.69. The Morgan fingerprint density at radius 3 is 1.72 bits per heavy atom. The maximum Gasteiger partial charge on any atom is 0.229 e. The minimum Gasteiger partial charge on any atom is -0.504 e. The van der Waals surface area contributed by atoms with Gasteiger partial charge in [0.1, 0.15) is 54.6 Å². The molecule has 10 atom stereocenters. The van der Waals surface area contributed by atoms with E-state index in [0.717, 1.165) is 5.56 Å². The number of benzene rings is 2. The molecule has 2 saturated heterocycles. The maximum absolute atomic E-state index is 11.3. The number of aryl methyl sites for hydroxylation is 1. The average Bonchev–Trinajstić information content (AvgIpc) is 2.91. The van der Waals surface area contributed by atoms with Crippen LogP contribution < -0.4 is 9.47 Å². The average molecular weight is 557 g/mol. The first kappa shape index (κ1) is 29.7. The van der Waals surface area contributed by atoms with Gasteiger partial charge < -0.3 is 64.9 Å². The lowest BCUT2D eigenvalue weighted by molar-refractivity contribution is -0.277. The summed E-state index contributed by atoms with van der Waals surface area (Å²) >= 11 is 0. The smallest absolute Gasteiger partial charge is 0.229 e. The Balaban J connectivity index is 1.72. The molecule has 0 saturated carbocycles. The van der Waals surface area contributed by atoms with Crippen molar-refractivity contribution in [3.05, 3.63) is 29.3 Å². The summed E-state index contributed by atoms with van der Waals surface area (Å²) in [5, 5.41) is 92.2. The van der Waals surface area contributed by atoms with Crippen molar-refractivity contribution in [1.82, 2.24) is 0 Å². The summed E-state index contributed by atoms with van der Waals surface area (Å²) in [6.07, 6.45) is -15.1. The Hall–Kier alpha value is -2.30. The summed E-state index contributed by atoms with van der Waals surface area (Å²) in [4.78, 5) is 0. The highest BCUT2D eigenvalue weighted by Gasteiger charge is 2.46. The van der Waals surface area contributed by atoms with Crippen LogP contribution in [0.5, 0.6) is 17.2 Å². The van der Waals surface area contributed by atoms with E-state index in [2.05, 4.69) is 0 Å². The zero-order valence-corrected chi connectivity index (χ0v) is 21.7. The van der Waals surface area contributed by atoms with E-state index in [9.17, 15) is 46.0 Å². The molecule has 0 spiro atoms. The zero-order chi connectivity index (χ0) is 28.8. The highest BCUT2D eigenvalue weighted by Crippen LogP contribution is 2.44. The first-order valence-corrected chi connectivity index (χ1v) is 12.6. The second-order valence-electron chi connectivity index (χ2n) is 10.3. The van der Waals surface area contributed by atoms with Crippen molar-refractivity contribution in [2.45, 2.75) is 88.1 Å². The van der Waals surface area contributed by atoms with E-state index in [0.29, 0.717) is 10.9 Å². The lowest BCUT2D eigenvalue weighted by atomic mass is 9.93. The standard InChI is InChI=1S/C26H36O13/c1-9(2)12-5-11(36-25-22(34)20(32)18(30)15(7-27)37-25)6-14-13(12)4-10(3)24(17(14)29)39-26-23(35)21(33)19(31)16(8-28)38-26/h4-6,9,15-16,18-23,25-35H,7-8H2,1-3H3/t15-,16-,18-,19-,20+,21+,22-,23-,25-,26+/m1/s1. The summed E-state index contributed by atoms with van der Waals surface area (Å²) in [5.41, 5.74) is 1.20. The van der Waals surface area contributed by atoms with Gasteiger partial charge in [0.05, 0.1) is 13.2 Å². The van der Waals surface area contributed by atoms with Crippen LogP contribution in [-0.2, 0) is 9.47 Å². The Labute approximate surface area is 224 Å². The van der Waals surface area contributed by atoms with Crippen LogP contribution in [0.1, 0.15) is 30.9 Å². The molecule has 4 rings (SSSR count). The van der Waals surface area contributed by atoms with E-state index in [1.54, 1.807) is 19.1 Å². The summed E-state index contributed by atoms with van der Waals surface area (Å²) in [6, 6.07) is 4.85. The van der Waals surface area contributed by atoms with Crippen LogP contribution in [0.2, 0.25) is 0 Å². The number of phenols is 1. The lowest BCUT2D eigenvalue weighted by Crippen LogP contribution is -2.60. The number of fused-ring (bicyclic) bond motifs is 1. The van der Waals surface area contributed by atoms with Crippen LogP contribution >= 0.6 is 0 Å². The molecule has 2 aliphatic heterocycles. The number of hydrogen-bond donors (Lipinski definition) is 9. The predicted octanol–water partition coefficient (Wildman–Crippen LogP) is -1.67. The number of aliphatic hydroxyl groups excluding tert-OH is 8. The molecule has 9 N–H and O–H groups in total. The number of ether oxygens (including phenoxy) is 4. The van der Waals surface area contributed by atoms with Crippen molar-refractivity contribution in [2.24, 2.45) is 0 Å². The molecule has 13 heteroatoms. The summed E-state index contributed by atoms with van der Waals surface area (Å²) in [7, 11) is 0. The summed E-state index contributed by atoms with van der Waals surface area (Å²) < 4.78 is 22.4. The molecule has 0 unspecified atom stereocenters. The van der Waals surface area contributed by atoms with Crippen molar-refractivity contribution in [2.75, 3.05) is 13.2 Å². The minimum absolute atomic E-state index is 0.0677. The van der Waals surface area contributed by atoms with Gasteiger partial charge in [-0.25, -0.2) is 0 Å². The molecule has 0 bridgehead atoms. The van der Waals surface area contributed by atoms with Gasteiger partial charge in [-0.3, -0.25) is 0 Å². The third-order valence-corrected chi connectivity index (χ3v) is 7.18. The van der Waals surface area contributed by atoms with Gasteiger partial charge in [-0.15, -0.1) is 0 Å². The molecule has 0 aliphatic carbocycles. The molecule has 218 valence electrons. The van der Waals surface area contributed by atoms with Gasteiger partial charge in [0.25, 0.3) is 0 Å². The molecule has 2 aliphatic rings. The van der Waals surface area contributed by atoms with Gasteiger partial charge in [0.15, 0.2) is 11.5 Å². The lowest BCUT2D eigenvalue weighted by Gasteiger charge is -2.40. The normalized spacial score (nSPS) is 35.4. The van der Waals surface area contributed by atoms with Crippen LogP contribution in [0.25, 0.3) is 10.8 Å². The van der Waals surface area contributed by atoms with E-state index in [1.165, 1.54) is 6.07 Å². The van der Waals surface area contributed by atoms with Gasteiger partial charge >= 0.3 is 0 Å². The number of aromatic hydroxyl groups is 1. The van der Waals surface area contributed by atoms with Crippen molar-refractivity contribution in [3.63, 3.8) is 0 Å². The van der Waals surface area contributed by atoms with E-state index < -0.39 is 74.6 Å². The Kier molecular flexibility index (Phi) is 8.88. The van der Waals surface area contributed by atoms with Crippen LogP contribution in [0.3, 0.4) is 0 Å². The molecule has 2 aromatic carbocycles. The zero-order valence-electron chi connectivity index (χ0n) is 21.7. The SMILES string of the molecule is Cc1cc2c(C(C)C)cc(O[C@@H]3O[C@H](CO)[C@@H](O)[C@H](O)[C@H]3O)cc2c(O)c1O[C@@H]1O[C@H](CO)[C@@H](O)[C@H](O)[C@H]1O. The first-order chi connectivity index (χ1) is 18.4. The fourth-order valence-corrected chi connectivity index (χ4v) is 4.87. The van der Waals surface area contributed by atoms with E-state index in [4.69, 9.17) is 18.9 Å². The molecule has 2 aromatic rings. The highest BCUT2D eigenvalue weighted by molar-refractivity contribution is 5.95. The highest BCUT2D eigenvalue weighted by atomic mass is 16.7. The third kappa shape index (κ3) is 5.52. The van der Waals surface area contributed by atoms with Crippen LogP contribution in [0, 0.1) is 6.92 Å². The molecule has 13 nitrogen and oxygen atoms in total. The molecular formula is C26H36O13. The van der Waals surface area contributed by atoms with Crippen molar-refractivity contribution >= 4 is 10.8 Å². The van der Waals surface area contributed by atoms with Crippen LogP contribution in [-0.4, -0.2) is 121 Å². The molecular weight excluding hydrogens is 520 g/mol. The topological polar surface area (TPSA) is 219 Å². The molecule has 0 radical (unpaired) electrons. The number of phenolic OH excluding ortho intramolecular Hbond substituents is 1. The number of hydrogen-bond acceptors (Lipinski definition) is 13. The maximum atomic E-state index is 11.3. The first-order valence-electron chi connectivity index (χ1n) is 12.6. The van der Waals surface area contributed by atoms with Gasteiger partial charge in [-0.05, 0) is 47.6 Å². The van der Waals surface area contributed by atoms with Gasteiger partial charge in [-0.2, -0.15) is 0 Å². The van der Waals surface area contributed by atoms with Gasteiger partial charge in [0, 0.05) is 5.39 Å². The monoisotopic (exact) mass is 556 g/mol. The van der Waals surface area contributed by atoms with Gasteiger partial charge in [-0.1, -0.05) is 13.8 Å². The Morgan fingerprint density at radius 1 is 0.718 bits per heavy atom. The summed E-state index contributed by atoms with van der Waals surface area (Å²) in [5.74, 6) is -0.384. The third-order valence-electron chi connectivity index (χ3n) is 7.18. The molecule has 0 amide bonds. The Bertz CT molecular complexity index is 1150. The van der Waals surface area contributed by atoms with Crippen LogP contribution in [0.15, 0.2) is 18.2 Å². The van der Waals surface area contributed by atoms with E-state index >= 15 is 0 Å². The quantitative estimate of drug-likeness (QED) is 0.187. The largest absolute Gasteiger partial charge is 0.504 e. The second kappa shape index (κ2) is 11.7. The van der Waals surface area contributed by atoms with Gasteiger partial charge in [0.2, 0.25) is 12.6 Å². The Morgan fingerprint density at radius 2 is 1.23 bits per heavy atom. The molecule has 0 aromatic heterocycles. The van der Waals surface area contributed by atoms with Crippen molar-refractivity contribution in [3.8, 4) is 17.2 Å². The second-order valence-corrected chi connectivity index (χ2v) is 10.3. The fourth-order valence-electron chi connectivity index (χ4n) is 4.87. The van der Waals surface area contributed by atoms with E-state index in [1.807, 2.05) is 13.8 Å². The molecule has 2 fully saturated rings. The van der Waals surface area contributed by atoms with Crippen molar-refractivity contribution < 1.29 is 64.9 Å². The number of aliphatic hydroxyl groups is 8. The van der Waals surface area contributed by atoms with Crippen LogP contribution in [0.4, 0.5) is 0 Å². The number of rotatable bonds is 7. The van der Waals surface area contributed by atoms with Crippen molar-refractivity contribution in [1.29, 1.82) is 0 Å². The molecule has 2 heterocycles. The fraction of sp³-hybridized carbons (Fsp3) is 0.615.